The lowest BCUT2D eigenvalue weighted by Gasteiger charge is -2.25. The van der Waals surface area contributed by atoms with Crippen LogP contribution < -0.4 is 15.8 Å². The van der Waals surface area contributed by atoms with Crippen molar-refractivity contribution in [3.05, 3.63) is 40.4 Å². The number of H-pyrrole nitrogens is 1. The first-order valence-electron chi connectivity index (χ1n) is 9.99. The van der Waals surface area contributed by atoms with Gasteiger partial charge in [0.15, 0.2) is 12.4 Å². The molecule has 1 aromatic heterocycles. The standard InChI is InChI=1S/C21H27N5O2/c1-3-4-11-26(13-19(27)25-21(2,14-22)15-9-10-15)12-18-23-17-8-6-5-7-16(17)20(28)24-18/h5-8,15H,3-4,9-13H2,1-2H3,(H,25,27)(H,23,24,28)/p+1/t21-/m0/s1. The van der Waals surface area contributed by atoms with Crippen LogP contribution in [0.15, 0.2) is 29.1 Å². The number of carbonyl (C=O) groups excluding carboxylic acids is 1. The number of hydrogen-bond donors (Lipinski definition) is 3. The van der Waals surface area contributed by atoms with E-state index in [4.69, 9.17) is 0 Å². The number of fused-ring (bicyclic) bond motifs is 1. The number of para-hydroxylation sites is 1. The number of amides is 1. The second-order valence-electron chi connectivity index (χ2n) is 7.87. The molecule has 1 fully saturated rings. The molecule has 0 radical (unpaired) electrons. The molecule has 7 heteroatoms. The van der Waals surface area contributed by atoms with Gasteiger partial charge in [0.05, 0.1) is 23.5 Å². The van der Waals surface area contributed by atoms with E-state index in [1.165, 1.54) is 0 Å². The zero-order valence-corrected chi connectivity index (χ0v) is 16.5. The summed E-state index contributed by atoms with van der Waals surface area (Å²) in [6.45, 7) is 5.41. The molecule has 148 valence electrons. The van der Waals surface area contributed by atoms with E-state index in [9.17, 15) is 14.9 Å². The van der Waals surface area contributed by atoms with Gasteiger partial charge in [-0.15, -0.1) is 0 Å². The van der Waals surface area contributed by atoms with Crippen LogP contribution in [0, 0.1) is 17.2 Å². The van der Waals surface area contributed by atoms with E-state index in [2.05, 4.69) is 28.3 Å². The largest absolute Gasteiger partial charge is 0.333 e. The summed E-state index contributed by atoms with van der Waals surface area (Å²) < 4.78 is 0. The van der Waals surface area contributed by atoms with E-state index >= 15 is 0 Å². The van der Waals surface area contributed by atoms with E-state index in [-0.39, 0.29) is 23.9 Å². The lowest BCUT2D eigenvalue weighted by molar-refractivity contribution is -0.906. The van der Waals surface area contributed by atoms with Crippen molar-refractivity contribution in [1.82, 2.24) is 15.3 Å². The second-order valence-corrected chi connectivity index (χ2v) is 7.87. The van der Waals surface area contributed by atoms with Crippen LogP contribution >= 0.6 is 0 Å². The Hall–Kier alpha value is -2.72. The molecule has 1 aromatic carbocycles. The van der Waals surface area contributed by atoms with Gasteiger partial charge >= 0.3 is 0 Å². The average Bonchev–Trinajstić information content (AvgIpc) is 3.52. The van der Waals surface area contributed by atoms with Gasteiger partial charge in [-0.2, -0.15) is 5.26 Å². The summed E-state index contributed by atoms with van der Waals surface area (Å²) in [5.41, 5.74) is -0.292. The maximum Gasteiger partial charge on any atom is 0.276 e. The maximum absolute atomic E-state index is 12.6. The molecule has 1 amide bonds. The average molecular weight is 382 g/mol. The predicted molar refractivity (Wildman–Crippen MR) is 107 cm³/mol. The summed E-state index contributed by atoms with van der Waals surface area (Å²) in [7, 11) is 0. The summed E-state index contributed by atoms with van der Waals surface area (Å²) in [4.78, 5) is 33.4. The van der Waals surface area contributed by atoms with Crippen molar-refractivity contribution in [2.45, 2.75) is 51.6 Å². The van der Waals surface area contributed by atoms with Gasteiger partial charge in [-0.3, -0.25) is 9.59 Å². The van der Waals surface area contributed by atoms with Gasteiger partial charge in [0.1, 0.15) is 12.1 Å². The summed E-state index contributed by atoms with van der Waals surface area (Å²) in [6, 6.07) is 9.50. The predicted octanol–water partition coefficient (Wildman–Crippen LogP) is 0.917. The van der Waals surface area contributed by atoms with Gasteiger partial charge in [-0.25, -0.2) is 4.98 Å². The molecule has 1 heterocycles. The van der Waals surface area contributed by atoms with Crippen LogP contribution in [-0.4, -0.2) is 34.5 Å². The Bertz CT molecular complexity index is 944. The fourth-order valence-corrected chi connectivity index (χ4v) is 3.56. The smallest absolute Gasteiger partial charge is 0.276 e. The molecule has 3 rings (SSSR count). The summed E-state index contributed by atoms with van der Waals surface area (Å²) >= 11 is 0. The number of aromatic amines is 1. The number of unbranched alkanes of at least 4 members (excludes halogenated alkanes) is 1. The number of aromatic nitrogens is 2. The van der Waals surface area contributed by atoms with Crippen LogP contribution in [0.3, 0.4) is 0 Å². The van der Waals surface area contributed by atoms with Gasteiger partial charge < -0.3 is 15.2 Å². The Morgan fingerprint density at radius 2 is 2.18 bits per heavy atom. The van der Waals surface area contributed by atoms with Gasteiger partial charge in [0.2, 0.25) is 0 Å². The molecule has 1 aliphatic carbocycles. The van der Waals surface area contributed by atoms with E-state index in [1.54, 1.807) is 13.0 Å². The topological polar surface area (TPSA) is 103 Å². The lowest BCUT2D eigenvalue weighted by atomic mass is 9.98. The highest BCUT2D eigenvalue weighted by atomic mass is 16.2. The molecule has 2 aromatic rings. The Kier molecular flexibility index (Phi) is 6.10. The zero-order valence-electron chi connectivity index (χ0n) is 16.5. The first-order chi connectivity index (χ1) is 13.4. The highest BCUT2D eigenvalue weighted by molar-refractivity contribution is 5.78. The number of nitrogens with zero attached hydrogens (tertiary/aromatic N) is 2. The normalized spacial score (nSPS) is 16.9. The number of nitriles is 1. The van der Waals surface area contributed by atoms with Crippen LogP contribution in [0.25, 0.3) is 10.9 Å². The maximum atomic E-state index is 12.6. The quantitative estimate of drug-likeness (QED) is 0.600. The molecule has 1 saturated carbocycles. The number of hydrogen-bond acceptors (Lipinski definition) is 4. The number of quaternary nitrogens is 1. The monoisotopic (exact) mass is 382 g/mol. The molecule has 2 atom stereocenters. The number of rotatable bonds is 9. The summed E-state index contributed by atoms with van der Waals surface area (Å²) in [5, 5.41) is 13.0. The SMILES string of the molecule is CCCC[NH+](CC(=O)N[C@@](C)(C#N)C1CC1)Cc1nc2ccccc2c(=O)[nH]1. The van der Waals surface area contributed by atoms with Crippen LogP contribution in [0.2, 0.25) is 0 Å². The molecule has 0 saturated heterocycles. The van der Waals surface area contributed by atoms with Crippen LogP contribution in [-0.2, 0) is 11.3 Å². The minimum Gasteiger partial charge on any atom is -0.333 e. The van der Waals surface area contributed by atoms with Crippen molar-refractivity contribution in [3.8, 4) is 6.07 Å². The van der Waals surface area contributed by atoms with Crippen LogP contribution in [0.1, 0.15) is 45.4 Å². The Balaban J connectivity index is 1.72. The third-order valence-electron chi connectivity index (χ3n) is 5.40. The molecule has 0 spiro atoms. The first kappa shape index (κ1) is 20.0. The van der Waals surface area contributed by atoms with Crippen molar-refractivity contribution in [2.75, 3.05) is 13.1 Å². The Morgan fingerprint density at radius 1 is 1.43 bits per heavy atom. The van der Waals surface area contributed by atoms with E-state index in [1.807, 2.05) is 18.2 Å². The van der Waals surface area contributed by atoms with Crippen molar-refractivity contribution >= 4 is 16.8 Å². The molecule has 1 unspecified atom stereocenters. The van der Waals surface area contributed by atoms with Crippen LogP contribution in [0.4, 0.5) is 0 Å². The van der Waals surface area contributed by atoms with E-state index in [0.29, 0.717) is 23.3 Å². The van der Waals surface area contributed by atoms with Gasteiger partial charge in [-0.1, -0.05) is 25.5 Å². The molecule has 7 nitrogen and oxygen atoms in total. The van der Waals surface area contributed by atoms with E-state index < -0.39 is 5.54 Å². The molecule has 0 bridgehead atoms. The van der Waals surface area contributed by atoms with Gasteiger partial charge in [-0.05, 0) is 44.2 Å². The molecule has 0 aliphatic heterocycles. The van der Waals surface area contributed by atoms with Crippen molar-refractivity contribution in [3.63, 3.8) is 0 Å². The second kappa shape index (κ2) is 8.53. The molecular weight excluding hydrogens is 354 g/mol. The van der Waals surface area contributed by atoms with Crippen LogP contribution in [0.5, 0.6) is 0 Å². The molecule has 1 aliphatic rings. The van der Waals surface area contributed by atoms with E-state index in [0.717, 1.165) is 37.1 Å². The van der Waals surface area contributed by atoms with Crippen molar-refractivity contribution in [2.24, 2.45) is 5.92 Å². The molecule has 28 heavy (non-hydrogen) atoms. The first-order valence-corrected chi connectivity index (χ1v) is 9.99. The van der Waals surface area contributed by atoms with Crippen molar-refractivity contribution in [1.29, 1.82) is 5.26 Å². The minimum atomic E-state index is -0.789. The number of carbonyl (C=O) groups is 1. The highest BCUT2D eigenvalue weighted by Gasteiger charge is 2.43. The number of benzene rings is 1. The summed E-state index contributed by atoms with van der Waals surface area (Å²) in [5.74, 6) is 0.692. The molecule has 3 N–H and O–H groups in total. The molecular formula is C21H28N5O2+. The highest BCUT2D eigenvalue weighted by Crippen LogP contribution is 2.39. The third kappa shape index (κ3) is 4.76. The van der Waals surface area contributed by atoms with Crippen molar-refractivity contribution < 1.29 is 9.69 Å². The fraction of sp³-hybridized carbons (Fsp3) is 0.524. The number of nitrogens with one attached hydrogen (secondary N) is 3. The minimum absolute atomic E-state index is 0.134. The fourth-order valence-electron chi connectivity index (χ4n) is 3.56. The summed E-state index contributed by atoms with van der Waals surface area (Å²) in [6.07, 6.45) is 3.96. The lowest BCUT2D eigenvalue weighted by Crippen LogP contribution is -3.12. The zero-order chi connectivity index (χ0) is 20.1. The van der Waals surface area contributed by atoms with Gasteiger partial charge in [0, 0.05) is 0 Å². The Labute approximate surface area is 164 Å². The Morgan fingerprint density at radius 3 is 2.86 bits per heavy atom. The third-order valence-corrected chi connectivity index (χ3v) is 5.40. The van der Waals surface area contributed by atoms with Gasteiger partial charge in [0.25, 0.3) is 11.5 Å².